The van der Waals surface area contributed by atoms with E-state index in [0.29, 0.717) is 6.54 Å². The zero-order valence-electron chi connectivity index (χ0n) is 8.03. The van der Waals surface area contributed by atoms with Gasteiger partial charge in [-0.25, -0.2) is 0 Å². The highest BCUT2D eigenvalue weighted by atomic mass is 15.1. The number of fused-ring (bicyclic) bond motifs is 1. The third-order valence-electron chi connectivity index (χ3n) is 2.45. The molecule has 1 aliphatic heterocycles. The average Bonchev–Trinajstić information content (AvgIpc) is 2.40. The Kier molecular flexibility index (Phi) is 2.66. The second kappa shape index (κ2) is 4.12. The van der Waals surface area contributed by atoms with Crippen LogP contribution in [0.2, 0.25) is 0 Å². The number of hydrogen-bond acceptors (Lipinski definition) is 3. The van der Waals surface area contributed by atoms with Crippen LogP contribution in [0.3, 0.4) is 0 Å². The van der Waals surface area contributed by atoms with E-state index >= 15 is 0 Å². The molecular formula is C11H13N3. The van der Waals surface area contributed by atoms with Gasteiger partial charge in [0.2, 0.25) is 0 Å². The number of anilines is 1. The third-order valence-corrected chi connectivity index (χ3v) is 2.45. The van der Waals surface area contributed by atoms with Crippen molar-refractivity contribution < 1.29 is 0 Å². The van der Waals surface area contributed by atoms with E-state index in [9.17, 15) is 0 Å². The Bertz CT molecular complexity index is 354. The molecule has 1 N–H and O–H groups in total. The van der Waals surface area contributed by atoms with Crippen LogP contribution in [-0.4, -0.2) is 24.5 Å². The molecule has 0 radical (unpaired) electrons. The Morgan fingerprint density at radius 3 is 3.14 bits per heavy atom. The van der Waals surface area contributed by atoms with Crippen LogP contribution in [-0.2, 0) is 6.54 Å². The van der Waals surface area contributed by atoms with Crippen molar-refractivity contribution in [2.24, 2.45) is 0 Å². The smallest absolute Gasteiger partial charge is 0.0869 e. The maximum absolute atomic E-state index is 8.65. The molecular weight excluding hydrogens is 174 g/mol. The van der Waals surface area contributed by atoms with Crippen LogP contribution in [0.5, 0.6) is 0 Å². The molecule has 72 valence electrons. The molecule has 3 nitrogen and oxygen atoms in total. The fourth-order valence-corrected chi connectivity index (χ4v) is 1.73. The molecule has 3 heteroatoms. The molecule has 1 aromatic carbocycles. The quantitative estimate of drug-likeness (QED) is 0.676. The zero-order chi connectivity index (χ0) is 9.80. The zero-order valence-corrected chi connectivity index (χ0v) is 8.03. The summed E-state index contributed by atoms with van der Waals surface area (Å²) in [4.78, 5) is 2.15. The van der Waals surface area contributed by atoms with Gasteiger partial charge in [0.15, 0.2) is 0 Å². The number of nitrogens with one attached hydrogen (secondary N) is 1. The number of para-hydroxylation sites is 1. The molecule has 14 heavy (non-hydrogen) atoms. The molecule has 1 aliphatic rings. The summed E-state index contributed by atoms with van der Waals surface area (Å²) in [5.41, 5.74) is 2.48. The van der Waals surface area contributed by atoms with Crippen LogP contribution < -0.4 is 5.32 Å². The molecule has 0 bridgehead atoms. The minimum absolute atomic E-state index is 0.510. The molecule has 0 saturated carbocycles. The van der Waals surface area contributed by atoms with Gasteiger partial charge in [0.05, 0.1) is 12.6 Å². The molecule has 0 aliphatic carbocycles. The highest BCUT2D eigenvalue weighted by Gasteiger charge is 2.12. The summed E-state index contributed by atoms with van der Waals surface area (Å²) in [5.74, 6) is 0. The molecule has 1 aromatic rings. The number of nitriles is 1. The maximum Gasteiger partial charge on any atom is 0.0869 e. The topological polar surface area (TPSA) is 39.1 Å². The molecule has 0 fully saturated rings. The summed E-state index contributed by atoms with van der Waals surface area (Å²) in [6, 6.07) is 10.5. The highest BCUT2D eigenvalue weighted by molar-refractivity contribution is 5.51. The van der Waals surface area contributed by atoms with Gasteiger partial charge in [-0.15, -0.1) is 0 Å². The van der Waals surface area contributed by atoms with Gasteiger partial charge in [0.1, 0.15) is 0 Å². The molecule has 0 amide bonds. The van der Waals surface area contributed by atoms with Crippen LogP contribution in [0.1, 0.15) is 5.56 Å². The lowest BCUT2D eigenvalue weighted by atomic mass is 10.2. The van der Waals surface area contributed by atoms with Crippen molar-refractivity contribution in [3.63, 3.8) is 0 Å². The Morgan fingerprint density at radius 2 is 2.29 bits per heavy atom. The van der Waals surface area contributed by atoms with Gasteiger partial charge in [-0.1, -0.05) is 18.2 Å². The van der Waals surface area contributed by atoms with Gasteiger partial charge < -0.3 is 5.32 Å². The minimum atomic E-state index is 0.510. The summed E-state index contributed by atoms with van der Waals surface area (Å²) < 4.78 is 0. The molecule has 0 unspecified atom stereocenters. The number of benzene rings is 1. The predicted molar refractivity (Wildman–Crippen MR) is 55.8 cm³/mol. The lowest BCUT2D eigenvalue weighted by molar-refractivity contribution is 0.315. The van der Waals surface area contributed by atoms with Crippen molar-refractivity contribution in [2.45, 2.75) is 6.54 Å². The number of rotatable bonds is 1. The first kappa shape index (κ1) is 9.04. The summed E-state index contributed by atoms with van der Waals surface area (Å²) in [7, 11) is 0. The standard InChI is InChI=1S/C11H13N3/c12-5-7-14-8-6-13-11-4-2-1-3-10(11)9-14/h1-4,13H,6-9H2. The summed E-state index contributed by atoms with van der Waals surface area (Å²) in [6.45, 7) is 3.23. The first-order chi connectivity index (χ1) is 6.90. The van der Waals surface area contributed by atoms with E-state index in [4.69, 9.17) is 5.26 Å². The Labute approximate surface area is 84.0 Å². The van der Waals surface area contributed by atoms with Crippen LogP contribution in [0.15, 0.2) is 24.3 Å². The van der Waals surface area contributed by atoms with E-state index < -0.39 is 0 Å². The number of nitrogens with zero attached hydrogens (tertiary/aromatic N) is 2. The lowest BCUT2D eigenvalue weighted by Crippen LogP contribution is -2.26. The molecule has 1 heterocycles. The number of hydrogen-bond donors (Lipinski definition) is 1. The highest BCUT2D eigenvalue weighted by Crippen LogP contribution is 2.19. The van der Waals surface area contributed by atoms with Crippen LogP contribution in [0, 0.1) is 11.3 Å². The van der Waals surface area contributed by atoms with Gasteiger partial charge >= 0.3 is 0 Å². The third kappa shape index (κ3) is 1.86. The monoisotopic (exact) mass is 187 g/mol. The largest absolute Gasteiger partial charge is 0.383 e. The molecule has 0 saturated heterocycles. The fourth-order valence-electron chi connectivity index (χ4n) is 1.73. The molecule has 2 rings (SSSR count). The van der Waals surface area contributed by atoms with Crippen molar-refractivity contribution in [3.8, 4) is 6.07 Å². The second-order valence-corrected chi connectivity index (χ2v) is 3.45. The van der Waals surface area contributed by atoms with Crippen molar-refractivity contribution in [2.75, 3.05) is 25.0 Å². The fraction of sp³-hybridized carbons (Fsp3) is 0.364. The van der Waals surface area contributed by atoms with Crippen molar-refractivity contribution in [1.29, 1.82) is 5.26 Å². The second-order valence-electron chi connectivity index (χ2n) is 3.45. The average molecular weight is 187 g/mol. The van der Waals surface area contributed by atoms with Gasteiger partial charge in [-0.05, 0) is 11.6 Å². The first-order valence-corrected chi connectivity index (χ1v) is 4.81. The van der Waals surface area contributed by atoms with Crippen molar-refractivity contribution in [3.05, 3.63) is 29.8 Å². The van der Waals surface area contributed by atoms with Crippen molar-refractivity contribution >= 4 is 5.69 Å². The van der Waals surface area contributed by atoms with E-state index in [0.717, 1.165) is 19.6 Å². The van der Waals surface area contributed by atoms with Crippen molar-refractivity contribution in [1.82, 2.24) is 4.90 Å². The van der Waals surface area contributed by atoms with Crippen LogP contribution >= 0.6 is 0 Å². The van der Waals surface area contributed by atoms with E-state index in [2.05, 4.69) is 28.4 Å². The van der Waals surface area contributed by atoms with E-state index in [1.54, 1.807) is 0 Å². The van der Waals surface area contributed by atoms with Gasteiger partial charge in [-0.3, -0.25) is 4.90 Å². The van der Waals surface area contributed by atoms with E-state index in [-0.39, 0.29) is 0 Å². The summed E-state index contributed by atoms with van der Waals surface area (Å²) in [5, 5.41) is 12.0. The molecule has 0 spiro atoms. The Balaban J connectivity index is 2.19. The predicted octanol–water partition coefficient (Wildman–Crippen LogP) is 1.44. The molecule has 0 aromatic heterocycles. The van der Waals surface area contributed by atoms with Gasteiger partial charge in [0.25, 0.3) is 0 Å². The normalized spacial score (nSPS) is 16.2. The summed E-state index contributed by atoms with van der Waals surface area (Å²) in [6.07, 6.45) is 0. The van der Waals surface area contributed by atoms with Gasteiger partial charge in [0, 0.05) is 25.3 Å². The van der Waals surface area contributed by atoms with Gasteiger partial charge in [-0.2, -0.15) is 5.26 Å². The lowest BCUT2D eigenvalue weighted by Gasteiger charge is -2.15. The minimum Gasteiger partial charge on any atom is -0.383 e. The summed E-state index contributed by atoms with van der Waals surface area (Å²) >= 11 is 0. The first-order valence-electron chi connectivity index (χ1n) is 4.81. The van der Waals surface area contributed by atoms with Crippen LogP contribution in [0.4, 0.5) is 5.69 Å². The molecule has 0 atom stereocenters. The Morgan fingerprint density at radius 1 is 1.43 bits per heavy atom. The SMILES string of the molecule is N#CCN1CCNc2ccccc2C1. The van der Waals surface area contributed by atoms with Crippen LogP contribution in [0.25, 0.3) is 0 Å². The van der Waals surface area contributed by atoms with E-state index in [1.165, 1.54) is 11.3 Å². The maximum atomic E-state index is 8.65. The Hall–Kier alpha value is -1.53. The van der Waals surface area contributed by atoms with E-state index in [1.807, 2.05) is 12.1 Å².